The predicted octanol–water partition coefficient (Wildman–Crippen LogP) is 3.07. The van der Waals surface area contributed by atoms with Gasteiger partial charge in [-0.05, 0) is 50.0 Å². The Morgan fingerprint density at radius 1 is 1.29 bits per heavy atom. The largest absolute Gasteiger partial charge is 0.393 e. The minimum absolute atomic E-state index is 0.146. The lowest BCUT2D eigenvalue weighted by molar-refractivity contribution is -0.123. The molecular weight excluding hydrogens is 262 g/mol. The number of hydrogen-bond donors (Lipinski definition) is 2. The number of amides is 1. The summed E-state index contributed by atoms with van der Waals surface area (Å²) in [4.78, 5) is 12.0. The summed E-state index contributed by atoms with van der Waals surface area (Å²) in [5, 5.41) is 12.5. The minimum Gasteiger partial charge on any atom is -0.393 e. The Balaban J connectivity index is 1.60. The van der Waals surface area contributed by atoms with Gasteiger partial charge in [-0.25, -0.2) is 0 Å². The zero-order valence-electron chi connectivity index (χ0n) is 12.9. The number of aliphatic hydroxyl groups excluding tert-OH is 1. The molecule has 1 aromatic rings. The molecule has 0 unspecified atom stereocenters. The molecule has 0 spiro atoms. The zero-order chi connectivity index (χ0) is 15.1. The number of nitrogens with one attached hydrogen (secondary N) is 1. The number of rotatable bonds is 8. The average Bonchev–Trinajstić information content (AvgIpc) is 2.47. The highest BCUT2D eigenvalue weighted by atomic mass is 16.3. The molecule has 1 atom stereocenters. The standard InChI is InChI=1S/C18H27NO2/c1-2-17(15-12-16(20)13-15)19-18(21)11-7-6-10-14-8-4-3-5-9-14/h3-5,8-9,15-17,20H,2,6-7,10-13H2,1H3,(H,19,21)/t15?,16?,17-/m1/s1. The van der Waals surface area contributed by atoms with E-state index in [1.54, 1.807) is 0 Å². The molecule has 116 valence electrons. The molecule has 3 heteroatoms. The van der Waals surface area contributed by atoms with Crippen LogP contribution in [0, 0.1) is 5.92 Å². The van der Waals surface area contributed by atoms with Crippen molar-refractivity contribution < 1.29 is 9.90 Å². The van der Waals surface area contributed by atoms with E-state index in [0.717, 1.165) is 38.5 Å². The van der Waals surface area contributed by atoms with Crippen LogP contribution in [0.4, 0.5) is 0 Å². The molecule has 0 heterocycles. The number of aryl methyl sites for hydroxylation is 1. The van der Waals surface area contributed by atoms with E-state index >= 15 is 0 Å². The lowest BCUT2D eigenvalue weighted by Gasteiger charge is -2.37. The molecule has 1 aromatic carbocycles. The number of carbonyl (C=O) groups is 1. The van der Waals surface area contributed by atoms with Crippen LogP contribution in [0.1, 0.15) is 51.0 Å². The third kappa shape index (κ3) is 5.16. The first-order valence-electron chi connectivity index (χ1n) is 8.20. The van der Waals surface area contributed by atoms with Gasteiger partial charge in [0.1, 0.15) is 0 Å². The molecule has 0 bridgehead atoms. The number of hydrogen-bond acceptors (Lipinski definition) is 2. The second-order valence-electron chi connectivity index (χ2n) is 6.16. The first-order valence-corrected chi connectivity index (χ1v) is 8.20. The fourth-order valence-electron chi connectivity index (χ4n) is 3.05. The van der Waals surface area contributed by atoms with E-state index in [-0.39, 0.29) is 18.1 Å². The molecule has 1 aliphatic carbocycles. The molecule has 1 amide bonds. The topological polar surface area (TPSA) is 49.3 Å². The third-order valence-corrected chi connectivity index (χ3v) is 4.47. The second-order valence-corrected chi connectivity index (χ2v) is 6.16. The van der Waals surface area contributed by atoms with Gasteiger partial charge in [-0.15, -0.1) is 0 Å². The molecular formula is C18H27NO2. The van der Waals surface area contributed by atoms with Crippen LogP contribution in [0.15, 0.2) is 30.3 Å². The Hall–Kier alpha value is -1.35. The molecule has 1 saturated carbocycles. The summed E-state index contributed by atoms with van der Waals surface area (Å²) >= 11 is 0. The number of unbranched alkanes of at least 4 members (excludes halogenated alkanes) is 1. The Labute approximate surface area is 127 Å². The fraction of sp³-hybridized carbons (Fsp3) is 0.611. The van der Waals surface area contributed by atoms with Crippen molar-refractivity contribution in [2.75, 3.05) is 0 Å². The molecule has 21 heavy (non-hydrogen) atoms. The third-order valence-electron chi connectivity index (χ3n) is 4.47. The van der Waals surface area contributed by atoms with Crippen molar-refractivity contribution in [3.8, 4) is 0 Å². The van der Waals surface area contributed by atoms with Gasteiger partial charge in [-0.3, -0.25) is 4.79 Å². The Bertz CT molecular complexity index is 426. The fourth-order valence-corrected chi connectivity index (χ4v) is 3.05. The molecule has 1 aliphatic rings. The second kappa shape index (κ2) is 8.18. The Kier molecular flexibility index (Phi) is 6.24. The summed E-state index contributed by atoms with van der Waals surface area (Å²) in [5.41, 5.74) is 1.34. The van der Waals surface area contributed by atoms with E-state index in [2.05, 4.69) is 36.5 Å². The molecule has 0 saturated heterocycles. The summed E-state index contributed by atoms with van der Waals surface area (Å²) in [5.74, 6) is 0.634. The van der Waals surface area contributed by atoms with Crippen molar-refractivity contribution in [1.29, 1.82) is 0 Å². The van der Waals surface area contributed by atoms with Crippen LogP contribution in [0.5, 0.6) is 0 Å². The van der Waals surface area contributed by atoms with Crippen molar-refractivity contribution in [2.24, 2.45) is 5.92 Å². The van der Waals surface area contributed by atoms with Crippen LogP contribution < -0.4 is 5.32 Å². The van der Waals surface area contributed by atoms with E-state index in [1.807, 2.05) is 6.07 Å². The van der Waals surface area contributed by atoms with Gasteiger partial charge < -0.3 is 10.4 Å². The first kappa shape index (κ1) is 16.0. The SMILES string of the molecule is CC[C@@H](NC(=O)CCCCc1ccccc1)C1CC(O)C1. The summed E-state index contributed by atoms with van der Waals surface area (Å²) in [7, 11) is 0. The van der Waals surface area contributed by atoms with Crippen LogP contribution in [0.3, 0.4) is 0 Å². The maximum atomic E-state index is 12.0. The molecule has 0 aliphatic heterocycles. The predicted molar refractivity (Wildman–Crippen MR) is 84.9 cm³/mol. The van der Waals surface area contributed by atoms with E-state index in [0.29, 0.717) is 12.3 Å². The lowest BCUT2D eigenvalue weighted by atomic mass is 9.76. The molecule has 0 aromatic heterocycles. The molecule has 3 nitrogen and oxygen atoms in total. The van der Waals surface area contributed by atoms with Gasteiger partial charge in [-0.1, -0.05) is 37.3 Å². The molecule has 1 fully saturated rings. The maximum absolute atomic E-state index is 12.0. The minimum atomic E-state index is -0.146. The van der Waals surface area contributed by atoms with Crippen LogP contribution in [0.25, 0.3) is 0 Å². The summed E-state index contributed by atoms with van der Waals surface area (Å²) in [6, 6.07) is 10.7. The van der Waals surface area contributed by atoms with Crippen LogP contribution in [0.2, 0.25) is 0 Å². The number of carbonyl (C=O) groups excluding carboxylic acids is 1. The number of benzene rings is 1. The number of aliphatic hydroxyl groups is 1. The summed E-state index contributed by atoms with van der Waals surface area (Å²) < 4.78 is 0. The molecule has 2 rings (SSSR count). The van der Waals surface area contributed by atoms with Gasteiger partial charge in [0.25, 0.3) is 0 Å². The van der Waals surface area contributed by atoms with Crippen molar-refractivity contribution in [3.63, 3.8) is 0 Å². The average molecular weight is 289 g/mol. The molecule has 2 N–H and O–H groups in total. The highest BCUT2D eigenvalue weighted by molar-refractivity contribution is 5.76. The van der Waals surface area contributed by atoms with Crippen LogP contribution in [-0.4, -0.2) is 23.2 Å². The van der Waals surface area contributed by atoms with E-state index in [4.69, 9.17) is 0 Å². The first-order chi connectivity index (χ1) is 10.2. The van der Waals surface area contributed by atoms with Crippen molar-refractivity contribution in [1.82, 2.24) is 5.32 Å². The molecule has 0 radical (unpaired) electrons. The monoisotopic (exact) mass is 289 g/mol. The van der Waals surface area contributed by atoms with Gasteiger partial charge in [-0.2, -0.15) is 0 Å². The van der Waals surface area contributed by atoms with Gasteiger partial charge in [0.2, 0.25) is 5.91 Å². The smallest absolute Gasteiger partial charge is 0.220 e. The van der Waals surface area contributed by atoms with Crippen molar-refractivity contribution >= 4 is 5.91 Å². The normalized spacial score (nSPS) is 22.4. The Morgan fingerprint density at radius 2 is 2.00 bits per heavy atom. The highest BCUT2D eigenvalue weighted by Crippen LogP contribution is 2.31. The highest BCUT2D eigenvalue weighted by Gasteiger charge is 2.33. The quantitative estimate of drug-likeness (QED) is 0.723. The van der Waals surface area contributed by atoms with Crippen molar-refractivity contribution in [3.05, 3.63) is 35.9 Å². The van der Waals surface area contributed by atoms with Crippen LogP contribution in [-0.2, 0) is 11.2 Å². The van der Waals surface area contributed by atoms with E-state index < -0.39 is 0 Å². The zero-order valence-corrected chi connectivity index (χ0v) is 12.9. The lowest BCUT2D eigenvalue weighted by Crippen LogP contribution is -2.46. The van der Waals surface area contributed by atoms with Crippen LogP contribution >= 0.6 is 0 Å². The van der Waals surface area contributed by atoms with Gasteiger partial charge in [0.05, 0.1) is 6.10 Å². The van der Waals surface area contributed by atoms with E-state index in [1.165, 1.54) is 5.56 Å². The van der Waals surface area contributed by atoms with Crippen molar-refractivity contribution in [2.45, 2.75) is 64.0 Å². The summed E-state index contributed by atoms with van der Waals surface area (Å²) in [6.45, 7) is 2.10. The summed E-state index contributed by atoms with van der Waals surface area (Å²) in [6.07, 6.45) is 6.12. The van der Waals surface area contributed by atoms with Gasteiger partial charge >= 0.3 is 0 Å². The van der Waals surface area contributed by atoms with Gasteiger partial charge in [0, 0.05) is 12.5 Å². The van der Waals surface area contributed by atoms with E-state index in [9.17, 15) is 9.90 Å². The maximum Gasteiger partial charge on any atom is 0.220 e. The Morgan fingerprint density at radius 3 is 2.62 bits per heavy atom. The van der Waals surface area contributed by atoms with Gasteiger partial charge in [0.15, 0.2) is 0 Å².